The van der Waals surface area contributed by atoms with Crippen LogP contribution in [0.4, 0.5) is 4.79 Å². The highest BCUT2D eigenvalue weighted by Crippen LogP contribution is 2.10. The van der Waals surface area contributed by atoms with Crippen molar-refractivity contribution in [3.8, 4) is 0 Å². The van der Waals surface area contributed by atoms with E-state index in [0.29, 0.717) is 6.61 Å². The molecule has 1 rings (SSSR count). The number of hydrogen-bond acceptors (Lipinski definition) is 3. The Morgan fingerprint density at radius 3 is 2.79 bits per heavy atom. The topological polar surface area (TPSA) is 38.3 Å². The van der Waals surface area contributed by atoms with Crippen LogP contribution in [-0.4, -0.2) is 11.6 Å². The number of thiophene rings is 1. The number of carbonyl (C=O) groups excluding carboxylic acids is 1. The van der Waals surface area contributed by atoms with Gasteiger partial charge in [-0.15, -0.1) is 11.3 Å². The fourth-order valence-electron chi connectivity index (χ4n) is 0.874. The average molecular weight is 213 g/mol. The summed E-state index contributed by atoms with van der Waals surface area (Å²) >= 11 is 1.58. The van der Waals surface area contributed by atoms with Gasteiger partial charge in [0.05, 0.1) is 0 Å². The van der Waals surface area contributed by atoms with Crippen LogP contribution < -0.4 is 5.32 Å². The molecule has 0 unspecified atom stereocenters. The maximum atomic E-state index is 11.2. The highest BCUT2D eigenvalue weighted by Gasteiger charge is 2.14. The minimum Gasteiger partial charge on any atom is -0.444 e. The second-order valence-electron chi connectivity index (χ2n) is 4.03. The van der Waals surface area contributed by atoms with E-state index in [1.54, 1.807) is 11.3 Å². The van der Waals surface area contributed by atoms with E-state index in [1.165, 1.54) is 0 Å². The van der Waals surface area contributed by atoms with Gasteiger partial charge in [0.15, 0.2) is 0 Å². The predicted octanol–water partition coefficient (Wildman–Crippen LogP) is 2.77. The van der Waals surface area contributed by atoms with E-state index in [1.807, 2.05) is 38.3 Å². The first-order valence-electron chi connectivity index (χ1n) is 4.45. The zero-order valence-corrected chi connectivity index (χ0v) is 9.48. The third kappa shape index (κ3) is 4.28. The van der Waals surface area contributed by atoms with Crippen molar-refractivity contribution in [3.05, 3.63) is 22.4 Å². The minimum absolute atomic E-state index is 0.244. The Morgan fingerprint density at radius 2 is 2.29 bits per heavy atom. The van der Waals surface area contributed by atoms with E-state index in [4.69, 9.17) is 4.74 Å². The average Bonchev–Trinajstić information content (AvgIpc) is 2.49. The van der Waals surface area contributed by atoms with Crippen molar-refractivity contribution in [2.24, 2.45) is 0 Å². The summed E-state index contributed by atoms with van der Waals surface area (Å²) < 4.78 is 5.02. The lowest BCUT2D eigenvalue weighted by Crippen LogP contribution is -2.40. The van der Waals surface area contributed by atoms with Gasteiger partial charge in [-0.1, -0.05) is 6.07 Å². The van der Waals surface area contributed by atoms with Gasteiger partial charge >= 0.3 is 6.09 Å². The summed E-state index contributed by atoms with van der Waals surface area (Å²) in [6, 6.07) is 3.88. The molecule has 78 valence electrons. The monoisotopic (exact) mass is 213 g/mol. The van der Waals surface area contributed by atoms with Crippen LogP contribution in [0, 0.1) is 0 Å². The van der Waals surface area contributed by atoms with E-state index in [-0.39, 0.29) is 11.6 Å². The molecule has 1 amide bonds. The first kappa shape index (κ1) is 11.0. The number of rotatable bonds is 2. The Labute approximate surface area is 88.1 Å². The van der Waals surface area contributed by atoms with Crippen LogP contribution in [0.25, 0.3) is 0 Å². The van der Waals surface area contributed by atoms with Crippen LogP contribution in [0.3, 0.4) is 0 Å². The molecule has 0 atom stereocenters. The normalized spacial score (nSPS) is 11.1. The molecule has 1 aromatic heterocycles. The summed E-state index contributed by atoms with van der Waals surface area (Å²) in [5.41, 5.74) is -0.244. The second-order valence-corrected chi connectivity index (χ2v) is 5.06. The van der Waals surface area contributed by atoms with Gasteiger partial charge < -0.3 is 10.1 Å². The Bertz CT molecular complexity index is 288. The highest BCUT2D eigenvalue weighted by atomic mass is 32.1. The van der Waals surface area contributed by atoms with Crippen molar-refractivity contribution in [2.75, 3.05) is 0 Å². The first-order valence-corrected chi connectivity index (χ1v) is 5.33. The van der Waals surface area contributed by atoms with Gasteiger partial charge in [-0.3, -0.25) is 0 Å². The molecule has 1 heterocycles. The molecule has 0 aliphatic carbocycles. The fourth-order valence-corrected chi connectivity index (χ4v) is 1.49. The molecule has 4 heteroatoms. The zero-order chi connectivity index (χ0) is 10.6. The maximum absolute atomic E-state index is 11.2. The fraction of sp³-hybridized carbons (Fsp3) is 0.500. The molecule has 0 aromatic carbocycles. The van der Waals surface area contributed by atoms with Crippen molar-refractivity contribution >= 4 is 17.4 Å². The number of amides is 1. The quantitative estimate of drug-likeness (QED) is 0.820. The van der Waals surface area contributed by atoms with Crippen LogP contribution in [0.5, 0.6) is 0 Å². The summed E-state index contributed by atoms with van der Waals surface area (Å²) in [5.74, 6) is 0. The van der Waals surface area contributed by atoms with Crippen molar-refractivity contribution < 1.29 is 9.53 Å². The van der Waals surface area contributed by atoms with Crippen molar-refractivity contribution in [1.29, 1.82) is 0 Å². The van der Waals surface area contributed by atoms with E-state index >= 15 is 0 Å². The SMILES string of the molecule is CC(C)(C)NC(=O)OCc1cccs1. The largest absolute Gasteiger partial charge is 0.444 e. The number of nitrogens with one attached hydrogen (secondary N) is 1. The van der Waals surface area contributed by atoms with Gasteiger partial charge in [-0.2, -0.15) is 0 Å². The Kier molecular flexibility index (Phi) is 3.52. The smallest absolute Gasteiger partial charge is 0.407 e. The zero-order valence-electron chi connectivity index (χ0n) is 8.66. The summed E-state index contributed by atoms with van der Waals surface area (Å²) in [6.45, 7) is 6.10. The van der Waals surface area contributed by atoms with Gasteiger partial charge in [0.25, 0.3) is 0 Å². The number of alkyl carbamates (subject to hydrolysis) is 1. The summed E-state index contributed by atoms with van der Waals surface area (Å²) in [4.78, 5) is 12.3. The lowest BCUT2D eigenvalue weighted by molar-refractivity contribution is 0.132. The van der Waals surface area contributed by atoms with Gasteiger partial charge in [0.1, 0.15) is 6.61 Å². The van der Waals surface area contributed by atoms with Crippen LogP contribution in [0.1, 0.15) is 25.6 Å². The summed E-state index contributed by atoms with van der Waals surface area (Å²) in [5, 5.41) is 4.68. The standard InChI is InChI=1S/C10H15NO2S/c1-10(2,3)11-9(12)13-7-8-5-4-6-14-8/h4-6H,7H2,1-3H3,(H,11,12). The van der Waals surface area contributed by atoms with Gasteiger partial charge in [0.2, 0.25) is 0 Å². The van der Waals surface area contributed by atoms with Gasteiger partial charge in [-0.25, -0.2) is 4.79 Å². The summed E-state index contributed by atoms with van der Waals surface area (Å²) in [6.07, 6.45) is -0.370. The van der Waals surface area contributed by atoms with E-state index in [0.717, 1.165) is 4.88 Å². The Morgan fingerprint density at radius 1 is 1.57 bits per heavy atom. The van der Waals surface area contributed by atoms with E-state index in [9.17, 15) is 4.79 Å². The molecule has 1 N–H and O–H groups in total. The van der Waals surface area contributed by atoms with Crippen molar-refractivity contribution in [1.82, 2.24) is 5.32 Å². The molecular formula is C10H15NO2S. The second kappa shape index (κ2) is 4.46. The van der Waals surface area contributed by atoms with Crippen molar-refractivity contribution in [2.45, 2.75) is 32.9 Å². The molecule has 0 spiro atoms. The third-order valence-corrected chi connectivity index (χ3v) is 2.25. The third-order valence-electron chi connectivity index (χ3n) is 1.40. The highest BCUT2D eigenvalue weighted by molar-refractivity contribution is 7.09. The molecule has 14 heavy (non-hydrogen) atoms. The van der Waals surface area contributed by atoms with E-state index < -0.39 is 0 Å². The van der Waals surface area contributed by atoms with Gasteiger partial charge in [0, 0.05) is 10.4 Å². The summed E-state index contributed by atoms with van der Waals surface area (Å²) in [7, 11) is 0. The molecule has 0 fully saturated rings. The first-order chi connectivity index (χ1) is 6.47. The van der Waals surface area contributed by atoms with Crippen LogP contribution in [0.15, 0.2) is 17.5 Å². The predicted molar refractivity (Wildman–Crippen MR) is 57.4 cm³/mol. The van der Waals surface area contributed by atoms with Crippen LogP contribution >= 0.6 is 11.3 Å². The maximum Gasteiger partial charge on any atom is 0.407 e. The molecule has 0 aliphatic rings. The molecule has 0 saturated carbocycles. The molecule has 0 aliphatic heterocycles. The lowest BCUT2D eigenvalue weighted by Gasteiger charge is -2.19. The Hall–Kier alpha value is -1.03. The number of ether oxygens (including phenoxy) is 1. The van der Waals surface area contributed by atoms with E-state index in [2.05, 4.69) is 5.32 Å². The molecular weight excluding hydrogens is 198 g/mol. The Balaban J connectivity index is 2.29. The molecule has 0 saturated heterocycles. The van der Waals surface area contributed by atoms with Crippen LogP contribution in [0.2, 0.25) is 0 Å². The molecule has 3 nitrogen and oxygen atoms in total. The van der Waals surface area contributed by atoms with Gasteiger partial charge in [-0.05, 0) is 32.2 Å². The number of carbonyl (C=O) groups is 1. The molecule has 0 bridgehead atoms. The van der Waals surface area contributed by atoms with Crippen molar-refractivity contribution in [3.63, 3.8) is 0 Å². The molecule has 1 aromatic rings. The molecule has 0 radical (unpaired) electrons. The lowest BCUT2D eigenvalue weighted by atomic mass is 10.1. The van der Waals surface area contributed by atoms with Crippen LogP contribution in [-0.2, 0) is 11.3 Å². The minimum atomic E-state index is -0.370. The number of hydrogen-bond donors (Lipinski definition) is 1.